The van der Waals surface area contributed by atoms with E-state index in [9.17, 15) is 4.79 Å². The Morgan fingerprint density at radius 3 is 2.62 bits per heavy atom. The summed E-state index contributed by atoms with van der Waals surface area (Å²) < 4.78 is 5.91. The van der Waals surface area contributed by atoms with E-state index in [1.807, 2.05) is 13.8 Å². The molecule has 106 valence electrons. The van der Waals surface area contributed by atoms with Crippen molar-refractivity contribution in [2.75, 3.05) is 0 Å². The summed E-state index contributed by atoms with van der Waals surface area (Å²) in [4.78, 5) is 20.7. The molecule has 3 aromatic rings. The van der Waals surface area contributed by atoms with E-state index >= 15 is 0 Å². The number of hydrogen-bond donors (Lipinski definition) is 1. The first-order valence-corrected chi connectivity index (χ1v) is 6.67. The van der Waals surface area contributed by atoms with Crippen LogP contribution in [0.3, 0.4) is 0 Å². The third-order valence-corrected chi connectivity index (χ3v) is 3.26. The van der Waals surface area contributed by atoms with E-state index in [1.165, 1.54) is 6.07 Å². The fourth-order valence-electron chi connectivity index (χ4n) is 2.28. The second kappa shape index (κ2) is 5.10. The number of aryl methyl sites for hydroxylation is 1. The van der Waals surface area contributed by atoms with Gasteiger partial charge < -0.3 is 10.2 Å². The second-order valence-corrected chi connectivity index (χ2v) is 5.03. The van der Waals surface area contributed by atoms with Gasteiger partial charge in [-0.1, -0.05) is 0 Å². The van der Waals surface area contributed by atoms with Crippen LogP contribution in [0.15, 0.2) is 45.9 Å². The number of nitrogens with two attached hydrogens (primary N) is 1. The largest absolute Gasteiger partial charge is 0.454 e. The maximum atomic E-state index is 12.4. The molecular weight excluding hydrogens is 266 g/mol. The van der Waals surface area contributed by atoms with Gasteiger partial charge in [0.25, 0.3) is 0 Å². The van der Waals surface area contributed by atoms with Crippen molar-refractivity contribution in [1.29, 1.82) is 0 Å². The molecule has 0 bridgehead atoms. The first-order valence-electron chi connectivity index (χ1n) is 6.67. The summed E-state index contributed by atoms with van der Waals surface area (Å²) in [5.41, 5.74) is 8.44. The number of rotatable bonds is 2. The van der Waals surface area contributed by atoms with Gasteiger partial charge in [0.15, 0.2) is 11.0 Å². The van der Waals surface area contributed by atoms with Gasteiger partial charge >= 0.3 is 0 Å². The topological polar surface area (TPSA) is 82.0 Å². The standard InChI is InChI=1S/C16H15N3O2/c1-9-7-12-13(20)8-14(11-3-5-18-6-4-11)21-16(12)15(19-9)10(2)17/h3-8,10H,17H2,1-2H3. The summed E-state index contributed by atoms with van der Waals surface area (Å²) in [6, 6.07) is 6.48. The minimum absolute atomic E-state index is 0.101. The molecule has 3 rings (SSSR count). The first kappa shape index (κ1) is 13.5. The van der Waals surface area contributed by atoms with Gasteiger partial charge in [0.2, 0.25) is 0 Å². The number of aromatic nitrogens is 2. The number of hydrogen-bond acceptors (Lipinski definition) is 5. The van der Waals surface area contributed by atoms with Gasteiger partial charge in [-0.05, 0) is 32.0 Å². The lowest BCUT2D eigenvalue weighted by molar-refractivity contribution is 0.601. The monoisotopic (exact) mass is 281 g/mol. The molecule has 2 N–H and O–H groups in total. The summed E-state index contributed by atoms with van der Waals surface area (Å²) in [6.07, 6.45) is 3.30. The van der Waals surface area contributed by atoms with Crippen molar-refractivity contribution >= 4 is 11.0 Å². The summed E-state index contributed by atoms with van der Waals surface area (Å²) in [5, 5.41) is 0.507. The molecule has 0 amide bonds. The van der Waals surface area contributed by atoms with Crippen LogP contribution >= 0.6 is 0 Å². The zero-order chi connectivity index (χ0) is 15.0. The van der Waals surface area contributed by atoms with Gasteiger partial charge in [-0.15, -0.1) is 0 Å². The SMILES string of the molecule is Cc1cc2c(=O)cc(-c3ccncc3)oc2c(C(C)N)n1. The predicted octanol–water partition coefficient (Wildman–Crippen LogP) is 2.58. The maximum Gasteiger partial charge on any atom is 0.193 e. The van der Waals surface area contributed by atoms with E-state index in [2.05, 4.69) is 9.97 Å². The molecular formula is C16H15N3O2. The summed E-state index contributed by atoms with van der Waals surface area (Å²) >= 11 is 0. The lowest BCUT2D eigenvalue weighted by atomic mass is 10.1. The highest BCUT2D eigenvalue weighted by Gasteiger charge is 2.15. The smallest absolute Gasteiger partial charge is 0.193 e. The van der Waals surface area contributed by atoms with Crippen LogP contribution in [0.25, 0.3) is 22.3 Å². The van der Waals surface area contributed by atoms with Crippen LogP contribution in [0.2, 0.25) is 0 Å². The minimum Gasteiger partial charge on any atom is -0.454 e. The average Bonchev–Trinajstić information content (AvgIpc) is 2.48. The van der Waals surface area contributed by atoms with Crippen molar-refractivity contribution < 1.29 is 4.42 Å². The Morgan fingerprint density at radius 1 is 1.24 bits per heavy atom. The lowest BCUT2D eigenvalue weighted by Crippen LogP contribution is -2.11. The molecule has 3 aromatic heterocycles. The molecule has 0 fully saturated rings. The predicted molar refractivity (Wildman–Crippen MR) is 80.8 cm³/mol. The van der Waals surface area contributed by atoms with Gasteiger partial charge in [0.1, 0.15) is 11.5 Å². The minimum atomic E-state index is -0.316. The van der Waals surface area contributed by atoms with Crippen molar-refractivity contribution in [3.05, 3.63) is 58.3 Å². The van der Waals surface area contributed by atoms with Gasteiger partial charge in [-0.3, -0.25) is 14.8 Å². The normalized spacial score (nSPS) is 12.5. The molecule has 0 aromatic carbocycles. The zero-order valence-electron chi connectivity index (χ0n) is 11.8. The average molecular weight is 281 g/mol. The summed E-state index contributed by atoms with van der Waals surface area (Å²) in [6.45, 7) is 3.65. The van der Waals surface area contributed by atoms with Crippen LogP contribution in [0.1, 0.15) is 24.4 Å². The lowest BCUT2D eigenvalue weighted by Gasteiger charge is -2.10. The highest BCUT2D eigenvalue weighted by atomic mass is 16.3. The molecule has 1 atom stereocenters. The summed E-state index contributed by atoms with van der Waals surface area (Å²) in [7, 11) is 0. The van der Waals surface area contributed by atoms with Gasteiger partial charge in [-0.2, -0.15) is 0 Å². The quantitative estimate of drug-likeness (QED) is 0.780. The molecule has 0 aliphatic carbocycles. The highest BCUT2D eigenvalue weighted by molar-refractivity contribution is 5.81. The van der Waals surface area contributed by atoms with E-state index in [0.717, 1.165) is 11.3 Å². The molecule has 5 nitrogen and oxygen atoms in total. The number of fused-ring (bicyclic) bond motifs is 1. The van der Waals surface area contributed by atoms with E-state index in [0.29, 0.717) is 22.4 Å². The maximum absolute atomic E-state index is 12.4. The first-order chi connectivity index (χ1) is 10.1. The third-order valence-electron chi connectivity index (χ3n) is 3.26. The van der Waals surface area contributed by atoms with Crippen molar-refractivity contribution in [1.82, 2.24) is 9.97 Å². The van der Waals surface area contributed by atoms with Crippen molar-refractivity contribution in [2.24, 2.45) is 5.73 Å². The second-order valence-electron chi connectivity index (χ2n) is 5.03. The van der Waals surface area contributed by atoms with Crippen molar-refractivity contribution in [3.8, 4) is 11.3 Å². The van der Waals surface area contributed by atoms with Crippen LogP contribution in [0, 0.1) is 6.92 Å². The Bertz CT molecular complexity index is 855. The number of nitrogens with zero attached hydrogens (tertiary/aromatic N) is 2. The zero-order valence-corrected chi connectivity index (χ0v) is 11.8. The van der Waals surface area contributed by atoms with E-state index in [4.69, 9.17) is 10.2 Å². The Hall–Kier alpha value is -2.53. The molecule has 3 heterocycles. The van der Waals surface area contributed by atoms with Crippen LogP contribution < -0.4 is 11.2 Å². The van der Waals surface area contributed by atoms with Gasteiger partial charge in [0.05, 0.1) is 5.39 Å². The van der Waals surface area contributed by atoms with Crippen LogP contribution in [-0.2, 0) is 0 Å². The highest BCUT2D eigenvalue weighted by Crippen LogP contribution is 2.25. The molecule has 5 heteroatoms. The van der Waals surface area contributed by atoms with Crippen LogP contribution in [-0.4, -0.2) is 9.97 Å². The fraction of sp³-hybridized carbons (Fsp3) is 0.188. The van der Waals surface area contributed by atoms with Crippen molar-refractivity contribution in [2.45, 2.75) is 19.9 Å². The third kappa shape index (κ3) is 2.43. The van der Waals surface area contributed by atoms with Crippen LogP contribution in [0.4, 0.5) is 0 Å². The molecule has 0 spiro atoms. The Kier molecular flexibility index (Phi) is 3.27. The van der Waals surface area contributed by atoms with Crippen LogP contribution in [0.5, 0.6) is 0 Å². The Morgan fingerprint density at radius 2 is 1.95 bits per heavy atom. The Labute approximate surface area is 121 Å². The molecule has 1 unspecified atom stereocenters. The number of pyridine rings is 2. The van der Waals surface area contributed by atoms with E-state index < -0.39 is 0 Å². The molecule has 0 aliphatic rings. The molecule has 21 heavy (non-hydrogen) atoms. The van der Waals surface area contributed by atoms with Gasteiger partial charge in [0, 0.05) is 35.8 Å². The van der Waals surface area contributed by atoms with Gasteiger partial charge in [-0.25, -0.2) is 0 Å². The molecule has 0 saturated carbocycles. The van der Waals surface area contributed by atoms with E-state index in [1.54, 1.807) is 30.6 Å². The molecule has 0 saturated heterocycles. The van der Waals surface area contributed by atoms with E-state index in [-0.39, 0.29) is 11.5 Å². The molecule has 0 aliphatic heterocycles. The fourth-order valence-corrected chi connectivity index (χ4v) is 2.28. The Balaban J connectivity index is 2.35. The van der Waals surface area contributed by atoms with Crippen molar-refractivity contribution in [3.63, 3.8) is 0 Å². The summed E-state index contributed by atoms with van der Waals surface area (Å²) in [5.74, 6) is 0.488. The molecule has 0 radical (unpaired) electrons.